The van der Waals surface area contributed by atoms with Crippen LogP contribution in [0.3, 0.4) is 0 Å². The third kappa shape index (κ3) is 3.80. The highest BCUT2D eigenvalue weighted by Gasteiger charge is 2.32. The lowest BCUT2D eigenvalue weighted by Crippen LogP contribution is -2.54. The van der Waals surface area contributed by atoms with E-state index < -0.39 is 5.97 Å². The predicted octanol–water partition coefficient (Wildman–Crippen LogP) is 1.25. The summed E-state index contributed by atoms with van der Waals surface area (Å²) in [4.78, 5) is 24.0. The summed E-state index contributed by atoms with van der Waals surface area (Å²) >= 11 is 1.98. The molecule has 0 saturated carbocycles. The number of carboxylic acid groups (broad SMARTS) is 1. The normalized spacial score (nSPS) is 21.4. The van der Waals surface area contributed by atoms with E-state index in [1.165, 1.54) is 24.3 Å². The van der Waals surface area contributed by atoms with Gasteiger partial charge in [0.2, 0.25) is 0 Å². The quantitative estimate of drug-likeness (QED) is 0.808. The van der Waals surface area contributed by atoms with Crippen molar-refractivity contribution in [2.24, 2.45) is 11.8 Å². The third-order valence-corrected chi connectivity index (χ3v) is 4.64. The average molecular weight is 272 g/mol. The van der Waals surface area contributed by atoms with Crippen molar-refractivity contribution in [3.05, 3.63) is 0 Å². The highest BCUT2D eigenvalue weighted by molar-refractivity contribution is 7.99. The number of rotatable bonds is 4. The fourth-order valence-corrected chi connectivity index (χ4v) is 3.61. The maximum atomic E-state index is 11.8. The molecule has 0 aromatic heterocycles. The van der Waals surface area contributed by atoms with Gasteiger partial charge in [-0.3, -0.25) is 4.79 Å². The molecule has 2 saturated heterocycles. The Hall–Kier alpha value is -0.910. The molecule has 0 unspecified atom stereocenters. The van der Waals surface area contributed by atoms with E-state index in [1.807, 2.05) is 11.8 Å². The molecule has 2 N–H and O–H groups in total. The van der Waals surface area contributed by atoms with Crippen molar-refractivity contribution in [2.45, 2.75) is 19.3 Å². The van der Waals surface area contributed by atoms with E-state index in [0.717, 1.165) is 6.54 Å². The Balaban J connectivity index is 1.60. The Morgan fingerprint density at radius 2 is 1.89 bits per heavy atom. The molecule has 0 aliphatic carbocycles. The Labute approximate surface area is 111 Å². The summed E-state index contributed by atoms with van der Waals surface area (Å²) in [6.45, 7) is 1.93. The number of nitrogens with one attached hydrogen (secondary N) is 1. The van der Waals surface area contributed by atoms with Crippen molar-refractivity contribution in [1.29, 1.82) is 0 Å². The fraction of sp³-hybridized carbons (Fsp3) is 0.833. The van der Waals surface area contributed by atoms with E-state index in [1.54, 1.807) is 4.90 Å². The fourth-order valence-electron chi connectivity index (χ4n) is 2.41. The Bertz CT molecular complexity index is 312. The van der Waals surface area contributed by atoms with Crippen LogP contribution in [-0.4, -0.2) is 53.1 Å². The predicted molar refractivity (Wildman–Crippen MR) is 70.8 cm³/mol. The van der Waals surface area contributed by atoms with E-state index >= 15 is 0 Å². The van der Waals surface area contributed by atoms with E-state index in [0.29, 0.717) is 19.0 Å². The van der Waals surface area contributed by atoms with Crippen LogP contribution in [0.2, 0.25) is 0 Å². The van der Waals surface area contributed by atoms with E-state index in [4.69, 9.17) is 5.11 Å². The molecule has 102 valence electrons. The molecular weight excluding hydrogens is 252 g/mol. The monoisotopic (exact) mass is 272 g/mol. The molecule has 2 fully saturated rings. The molecule has 5 nitrogen and oxygen atoms in total. The van der Waals surface area contributed by atoms with Crippen LogP contribution in [0.4, 0.5) is 4.79 Å². The Morgan fingerprint density at radius 1 is 1.22 bits per heavy atom. The van der Waals surface area contributed by atoms with Crippen LogP contribution in [0.15, 0.2) is 0 Å². The summed E-state index contributed by atoms with van der Waals surface area (Å²) in [5.74, 6) is 2.38. The molecule has 0 aromatic carbocycles. The number of nitrogens with zero attached hydrogens (tertiary/aromatic N) is 1. The zero-order chi connectivity index (χ0) is 13.0. The van der Waals surface area contributed by atoms with Gasteiger partial charge in [0, 0.05) is 25.6 Å². The van der Waals surface area contributed by atoms with Crippen LogP contribution >= 0.6 is 11.8 Å². The van der Waals surface area contributed by atoms with Crippen molar-refractivity contribution >= 4 is 23.8 Å². The standard InChI is InChI=1S/C12H20N2O3S/c15-11(16)5-10-7-14(8-10)12(17)13-6-9-1-3-18-4-2-9/h9-10H,1-8H2,(H,13,17)(H,15,16). The van der Waals surface area contributed by atoms with Crippen LogP contribution in [0.25, 0.3) is 0 Å². The molecule has 2 aliphatic rings. The van der Waals surface area contributed by atoms with E-state index in [9.17, 15) is 9.59 Å². The molecule has 0 spiro atoms. The maximum Gasteiger partial charge on any atom is 0.317 e. The van der Waals surface area contributed by atoms with Crippen molar-refractivity contribution in [3.63, 3.8) is 0 Å². The van der Waals surface area contributed by atoms with Crippen molar-refractivity contribution in [1.82, 2.24) is 10.2 Å². The van der Waals surface area contributed by atoms with Crippen molar-refractivity contribution in [2.75, 3.05) is 31.1 Å². The van der Waals surface area contributed by atoms with Gasteiger partial charge >= 0.3 is 12.0 Å². The molecular formula is C12H20N2O3S. The molecule has 0 atom stereocenters. The zero-order valence-electron chi connectivity index (χ0n) is 10.4. The zero-order valence-corrected chi connectivity index (χ0v) is 11.2. The van der Waals surface area contributed by atoms with Gasteiger partial charge in [-0.1, -0.05) is 0 Å². The molecule has 2 aliphatic heterocycles. The lowest BCUT2D eigenvalue weighted by Gasteiger charge is -2.38. The first-order valence-electron chi connectivity index (χ1n) is 6.47. The molecule has 0 bridgehead atoms. The van der Waals surface area contributed by atoms with Gasteiger partial charge in [0.15, 0.2) is 0 Å². The summed E-state index contributed by atoms with van der Waals surface area (Å²) in [6, 6.07) is -0.0325. The van der Waals surface area contributed by atoms with Gasteiger partial charge in [0.1, 0.15) is 0 Å². The SMILES string of the molecule is O=C(O)CC1CN(C(=O)NCC2CCSCC2)C1. The lowest BCUT2D eigenvalue weighted by molar-refractivity contribution is -0.139. The van der Waals surface area contributed by atoms with Gasteiger partial charge in [-0.15, -0.1) is 0 Å². The Kier molecular flexibility index (Phi) is 4.74. The second-order valence-corrected chi connectivity index (χ2v) is 6.34. The van der Waals surface area contributed by atoms with Gasteiger partial charge in [0.05, 0.1) is 6.42 Å². The topological polar surface area (TPSA) is 69.6 Å². The number of urea groups is 1. The summed E-state index contributed by atoms with van der Waals surface area (Å²) in [5.41, 5.74) is 0. The number of aliphatic carboxylic acids is 1. The van der Waals surface area contributed by atoms with E-state index in [2.05, 4.69) is 5.32 Å². The second kappa shape index (κ2) is 6.31. The number of carbonyl (C=O) groups is 2. The van der Waals surface area contributed by atoms with Crippen LogP contribution < -0.4 is 5.32 Å². The molecule has 0 aromatic rings. The minimum absolute atomic E-state index is 0.0325. The molecule has 6 heteroatoms. The second-order valence-electron chi connectivity index (χ2n) is 5.11. The van der Waals surface area contributed by atoms with Crippen LogP contribution in [0.1, 0.15) is 19.3 Å². The number of thioether (sulfide) groups is 1. The average Bonchev–Trinajstić information content (AvgIpc) is 2.31. The first-order chi connectivity index (χ1) is 8.65. The number of hydrogen-bond donors (Lipinski definition) is 2. The van der Waals surface area contributed by atoms with Crippen molar-refractivity contribution in [3.8, 4) is 0 Å². The minimum Gasteiger partial charge on any atom is -0.481 e. The number of likely N-dealkylation sites (tertiary alicyclic amines) is 1. The maximum absolute atomic E-state index is 11.8. The molecule has 2 heterocycles. The summed E-state index contributed by atoms with van der Waals surface area (Å²) in [6.07, 6.45) is 2.54. The van der Waals surface area contributed by atoms with Gasteiger partial charge < -0.3 is 15.3 Å². The van der Waals surface area contributed by atoms with Gasteiger partial charge in [-0.2, -0.15) is 11.8 Å². The van der Waals surface area contributed by atoms with Crippen molar-refractivity contribution < 1.29 is 14.7 Å². The van der Waals surface area contributed by atoms with Crippen LogP contribution in [0.5, 0.6) is 0 Å². The number of carboxylic acids is 1. The molecule has 18 heavy (non-hydrogen) atoms. The number of hydrogen-bond acceptors (Lipinski definition) is 3. The van der Waals surface area contributed by atoms with E-state index in [-0.39, 0.29) is 18.4 Å². The molecule has 2 rings (SSSR count). The number of amides is 2. The molecule has 0 radical (unpaired) electrons. The minimum atomic E-state index is -0.778. The third-order valence-electron chi connectivity index (χ3n) is 3.59. The smallest absolute Gasteiger partial charge is 0.317 e. The first kappa shape index (κ1) is 13.5. The summed E-state index contributed by atoms with van der Waals surface area (Å²) < 4.78 is 0. The van der Waals surface area contributed by atoms with Crippen LogP contribution in [-0.2, 0) is 4.79 Å². The lowest BCUT2D eigenvalue weighted by atomic mass is 9.97. The van der Waals surface area contributed by atoms with Gasteiger partial charge in [-0.25, -0.2) is 4.79 Å². The number of carbonyl (C=O) groups excluding carboxylic acids is 1. The summed E-state index contributed by atoms with van der Waals surface area (Å²) in [7, 11) is 0. The largest absolute Gasteiger partial charge is 0.481 e. The molecule has 2 amide bonds. The van der Waals surface area contributed by atoms with Gasteiger partial charge in [0.25, 0.3) is 0 Å². The van der Waals surface area contributed by atoms with Gasteiger partial charge in [-0.05, 0) is 30.3 Å². The highest BCUT2D eigenvalue weighted by Crippen LogP contribution is 2.22. The summed E-state index contributed by atoms with van der Waals surface area (Å²) in [5, 5.41) is 11.6. The van der Waals surface area contributed by atoms with Crippen LogP contribution in [0, 0.1) is 11.8 Å². The first-order valence-corrected chi connectivity index (χ1v) is 7.63. The Morgan fingerprint density at radius 3 is 2.50 bits per heavy atom. The highest BCUT2D eigenvalue weighted by atomic mass is 32.2.